The Labute approximate surface area is 131 Å². The van der Waals surface area contributed by atoms with Gasteiger partial charge in [-0.05, 0) is 57.4 Å². The molecular weight excluding hydrogens is 310 g/mol. The van der Waals surface area contributed by atoms with Gasteiger partial charge in [-0.25, -0.2) is 8.42 Å². The molecule has 4 nitrogen and oxygen atoms in total. The fourth-order valence-corrected chi connectivity index (χ4v) is 3.02. The molecule has 0 unspecified atom stereocenters. The quantitative estimate of drug-likeness (QED) is 0.776. The highest BCUT2D eigenvalue weighted by Gasteiger charge is 2.23. The number of carbonyl (C=O) groups is 1. The summed E-state index contributed by atoms with van der Waals surface area (Å²) in [6.07, 6.45) is 0.843. The van der Waals surface area contributed by atoms with Crippen LogP contribution in [0.2, 0.25) is 0 Å². The fraction of sp³-hybridized carbons (Fsp3) is 0.533. The molecule has 0 aliphatic heterocycles. The third-order valence-corrected chi connectivity index (χ3v) is 4.83. The molecule has 1 amide bonds. The van der Waals surface area contributed by atoms with E-state index in [1.54, 1.807) is 11.8 Å². The zero-order valence-electron chi connectivity index (χ0n) is 13.1. The van der Waals surface area contributed by atoms with Crippen LogP contribution in [0.3, 0.4) is 0 Å². The zero-order chi connectivity index (χ0) is 16.4. The summed E-state index contributed by atoms with van der Waals surface area (Å²) < 4.78 is 23.1. The highest BCUT2D eigenvalue weighted by Crippen LogP contribution is 2.24. The number of hydrogen-bond acceptors (Lipinski definition) is 3. The third kappa shape index (κ3) is 4.20. The van der Waals surface area contributed by atoms with Gasteiger partial charge in [-0.15, -0.1) is 0 Å². The van der Waals surface area contributed by atoms with Gasteiger partial charge in [0.15, 0.2) is 0 Å². The molecule has 1 aromatic carbocycles. The van der Waals surface area contributed by atoms with E-state index in [2.05, 4.69) is 0 Å². The second kappa shape index (κ2) is 6.79. The van der Waals surface area contributed by atoms with Crippen LogP contribution in [-0.2, 0) is 9.05 Å². The lowest BCUT2D eigenvalue weighted by Gasteiger charge is -2.27. The summed E-state index contributed by atoms with van der Waals surface area (Å²) in [5.74, 6) is -0.158. The van der Waals surface area contributed by atoms with Crippen LogP contribution < -0.4 is 0 Å². The Kier molecular flexibility index (Phi) is 5.82. The van der Waals surface area contributed by atoms with Gasteiger partial charge in [0.25, 0.3) is 15.0 Å². The second-order valence-electron chi connectivity index (χ2n) is 5.44. The summed E-state index contributed by atoms with van der Waals surface area (Å²) >= 11 is 0. The fourth-order valence-electron chi connectivity index (χ4n) is 2.18. The van der Waals surface area contributed by atoms with Gasteiger partial charge in [-0.1, -0.05) is 6.92 Å². The van der Waals surface area contributed by atoms with E-state index in [0.717, 1.165) is 17.5 Å². The van der Waals surface area contributed by atoms with Crippen LogP contribution in [0, 0.1) is 13.8 Å². The predicted molar refractivity (Wildman–Crippen MR) is 85.4 cm³/mol. The smallest absolute Gasteiger partial charge is 0.261 e. The maximum atomic E-state index is 12.7. The number of aryl methyl sites for hydroxylation is 1. The summed E-state index contributed by atoms with van der Waals surface area (Å²) in [6.45, 7) is 10.1. The summed E-state index contributed by atoms with van der Waals surface area (Å²) in [6, 6.07) is 2.92. The van der Waals surface area contributed by atoms with Gasteiger partial charge in [0.2, 0.25) is 0 Å². The molecule has 6 heteroatoms. The molecule has 0 aromatic heterocycles. The molecule has 0 atom stereocenters. The lowest BCUT2D eigenvalue weighted by molar-refractivity contribution is 0.0705. The van der Waals surface area contributed by atoms with E-state index in [9.17, 15) is 13.2 Å². The summed E-state index contributed by atoms with van der Waals surface area (Å²) in [7, 11) is 1.56. The highest BCUT2D eigenvalue weighted by atomic mass is 35.7. The lowest BCUT2D eigenvalue weighted by atomic mass is 10.0. The van der Waals surface area contributed by atoms with Crippen LogP contribution in [-0.4, -0.2) is 31.8 Å². The molecule has 0 heterocycles. The Balaban J connectivity index is 3.41. The standard InChI is InChI=1S/C15H22ClNO3S/c1-6-7-17(10(2)3)15(18)14-9-13(21(16,19)20)8-11(4)12(14)5/h8-10H,6-7H2,1-5H3. The number of halogens is 1. The normalized spacial score (nSPS) is 11.8. The summed E-state index contributed by atoms with van der Waals surface area (Å²) in [4.78, 5) is 14.4. The number of nitrogens with zero attached hydrogens (tertiary/aromatic N) is 1. The van der Waals surface area contributed by atoms with Gasteiger partial charge in [0, 0.05) is 28.8 Å². The Hall–Kier alpha value is -1.07. The molecule has 0 bridgehead atoms. The molecule has 0 radical (unpaired) electrons. The number of rotatable bonds is 5. The first-order valence-electron chi connectivity index (χ1n) is 6.96. The molecule has 0 saturated carbocycles. The van der Waals surface area contributed by atoms with Crippen LogP contribution in [0.15, 0.2) is 17.0 Å². The van der Waals surface area contributed by atoms with Crippen molar-refractivity contribution >= 4 is 25.6 Å². The first kappa shape index (κ1) is 18.0. The largest absolute Gasteiger partial charge is 0.336 e. The van der Waals surface area contributed by atoms with Crippen LogP contribution in [0.5, 0.6) is 0 Å². The maximum Gasteiger partial charge on any atom is 0.261 e. The van der Waals surface area contributed by atoms with Crippen molar-refractivity contribution in [3.05, 3.63) is 28.8 Å². The Morgan fingerprint density at radius 1 is 1.29 bits per heavy atom. The van der Waals surface area contributed by atoms with Crippen LogP contribution in [0.1, 0.15) is 48.7 Å². The Bertz CT molecular complexity index is 639. The molecule has 0 fully saturated rings. The van der Waals surface area contributed by atoms with Gasteiger partial charge in [0.1, 0.15) is 0 Å². The van der Waals surface area contributed by atoms with Crippen molar-refractivity contribution in [2.75, 3.05) is 6.54 Å². The first-order valence-corrected chi connectivity index (χ1v) is 9.27. The average Bonchev–Trinajstić information content (AvgIpc) is 2.36. The van der Waals surface area contributed by atoms with Crippen molar-refractivity contribution in [1.29, 1.82) is 0 Å². The molecule has 0 N–H and O–H groups in total. The molecule has 0 aliphatic rings. The monoisotopic (exact) mass is 331 g/mol. The summed E-state index contributed by atoms with van der Waals surface area (Å²) in [5.41, 5.74) is 1.92. The molecule has 0 aliphatic carbocycles. The van der Waals surface area contributed by atoms with E-state index < -0.39 is 9.05 Å². The molecule has 21 heavy (non-hydrogen) atoms. The molecule has 0 spiro atoms. The van der Waals surface area contributed by atoms with E-state index in [1.807, 2.05) is 27.7 Å². The predicted octanol–water partition coefficient (Wildman–Crippen LogP) is 3.49. The maximum absolute atomic E-state index is 12.7. The van der Waals surface area contributed by atoms with E-state index in [1.165, 1.54) is 12.1 Å². The van der Waals surface area contributed by atoms with Crippen LogP contribution >= 0.6 is 10.7 Å². The lowest BCUT2D eigenvalue weighted by Crippen LogP contribution is -2.38. The van der Waals surface area contributed by atoms with Crippen molar-refractivity contribution in [3.63, 3.8) is 0 Å². The van der Waals surface area contributed by atoms with Gasteiger partial charge >= 0.3 is 0 Å². The van der Waals surface area contributed by atoms with E-state index in [-0.39, 0.29) is 16.8 Å². The molecule has 1 rings (SSSR count). The molecule has 118 valence electrons. The SMILES string of the molecule is CCCN(C(=O)c1cc(S(=O)(=O)Cl)cc(C)c1C)C(C)C. The number of hydrogen-bond donors (Lipinski definition) is 0. The van der Waals surface area contributed by atoms with Gasteiger partial charge < -0.3 is 4.90 Å². The van der Waals surface area contributed by atoms with Crippen molar-refractivity contribution in [2.45, 2.75) is 52.0 Å². The first-order chi connectivity index (χ1) is 9.59. The van der Waals surface area contributed by atoms with Crippen LogP contribution in [0.25, 0.3) is 0 Å². The van der Waals surface area contributed by atoms with Crippen molar-refractivity contribution < 1.29 is 13.2 Å². The molecule has 0 saturated heterocycles. The number of carbonyl (C=O) groups excluding carboxylic acids is 1. The number of amides is 1. The Morgan fingerprint density at radius 3 is 2.29 bits per heavy atom. The minimum atomic E-state index is -3.85. The van der Waals surface area contributed by atoms with E-state index in [0.29, 0.717) is 12.1 Å². The highest BCUT2D eigenvalue weighted by molar-refractivity contribution is 8.13. The molecular formula is C15H22ClNO3S. The van der Waals surface area contributed by atoms with Gasteiger partial charge in [-0.2, -0.15) is 0 Å². The van der Waals surface area contributed by atoms with Crippen molar-refractivity contribution in [2.24, 2.45) is 0 Å². The van der Waals surface area contributed by atoms with Gasteiger partial charge in [-0.3, -0.25) is 4.79 Å². The number of benzene rings is 1. The summed E-state index contributed by atoms with van der Waals surface area (Å²) in [5, 5.41) is 0. The zero-order valence-corrected chi connectivity index (χ0v) is 14.7. The van der Waals surface area contributed by atoms with Crippen molar-refractivity contribution in [1.82, 2.24) is 4.90 Å². The molecule has 1 aromatic rings. The Morgan fingerprint density at radius 2 is 1.86 bits per heavy atom. The minimum Gasteiger partial charge on any atom is -0.336 e. The topological polar surface area (TPSA) is 54.5 Å². The van der Waals surface area contributed by atoms with Gasteiger partial charge in [0.05, 0.1) is 4.90 Å². The second-order valence-corrected chi connectivity index (χ2v) is 8.01. The van der Waals surface area contributed by atoms with E-state index in [4.69, 9.17) is 10.7 Å². The third-order valence-electron chi connectivity index (χ3n) is 3.50. The van der Waals surface area contributed by atoms with Crippen molar-refractivity contribution in [3.8, 4) is 0 Å². The van der Waals surface area contributed by atoms with Crippen LogP contribution in [0.4, 0.5) is 0 Å². The average molecular weight is 332 g/mol. The minimum absolute atomic E-state index is 0.0316. The van der Waals surface area contributed by atoms with E-state index >= 15 is 0 Å².